The summed E-state index contributed by atoms with van der Waals surface area (Å²) in [6.07, 6.45) is 1.77. The number of nitrogens with two attached hydrogens (primary N) is 1. The number of nitrogen functional groups attached to an aromatic ring is 1. The van der Waals surface area contributed by atoms with Gasteiger partial charge in [-0.15, -0.1) is 0 Å². The number of aromatic nitrogens is 5. The van der Waals surface area contributed by atoms with Gasteiger partial charge in [0.25, 0.3) is 0 Å². The second-order valence-corrected chi connectivity index (χ2v) is 6.13. The van der Waals surface area contributed by atoms with E-state index >= 15 is 0 Å². The zero-order valence-electron chi connectivity index (χ0n) is 12.8. The van der Waals surface area contributed by atoms with Gasteiger partial charge < -0.3 is 5.73 Å². The lowest BCUT2D eigenvalue weighted by molar-refractivity contribution is 0.611. The van der Waals surface area contributed by atoms with E-state index in [1.165, 1.54) is 17.6 Å². The van der Waals surface area contributed by atoms with E-state index < -0.39 is 0 Å². The highest BCUT2D eigenvalue weighted by Crippen LogP contribution is 2.22. The fraction of sp³-hybridized carbons (Fsp3) is 0.125. The van der Waals surface area contributed by atoms with Crippen molar-refractivity contribution in [2.24, 2.45) is 0 Å². The Morgan fingerprint density at radius 1 is 1.25 bits per heavy atom. The molecule has 3 heterocycles. The SMILES string of the molecule is Cc1ccc(Cn2cc3c(N)nc(-c4ccsn4)nc3n2)cc1F. The molecule has 3 aromatic heterocycles. The van der Waals surface area contributed by atoms with Crippen LogP contribution in [0.1, 0.15) is 11.1 Å². The molecule has 6 nitrogen and oxygen atoms in total. The molecule has 4 rings (SSSR count). The molecule has 0 aliphatic carbocycles. The van der Waals surface area contributed by atoms with E-state index in [-0.39, 0.29) is 5.82 Å². The monoisotopic (exact) mass is 340 g/mol. The number of nitrogens with zero attached hydrogens (tertiary/aromatic N) is 5. The zero-order chi connectivity index (χ0) is 16.7. The summed E-state index contributed by atoms with van der Waals surface area (Å²) >= 11 is 1.32. The lowest BCUT2D eigenvalue weighted by atomic mass is 10.1. The summed E-state index contributed by atoms with van der Waals surface area (Å²) < 4.78 is 19.6. The minimum Gasteiger partial charge on any atom is -0.383 e. The van der Waals surface area contributed by atoms with Crippen molar-refractivity contribution in [2.45, 2.75) is 13.5 Å². The average Bonchev–Trinajstić information content (AvgIpc) is 3.20. The number of halogens is 1. The van der Waals surface area contributed by atoms with Gasteiger partial charge in [0.05, 0.1) is 11.9 Å². The van der Waals surface area contributed by atoms with Crippen molar-refractivity contribution in [3.8, 4) is 11.5 Å². The first-order valence-corrected chi connectivity index (χ1v) is 8.10. The molecule has 0 bridgehead atoms. The molecule has 0 saturated heterocycles. The highest BCUT2D eigenvalue weighted by Gasteiger charge is 2.12. The summed E-state index contributed by atoms with van der Waals surface area (Å²) in [5, 5.41) is 6.95. The molecule has 1 aromatic carbocycles. The van der Waals surface area contributed by atoms with Crippen LogP contribution < -0.4 is 5.73 Å². The van der Waals surface area contributed by atoms with Crippen LogP contribution in [0.4, 0.5) is 10.2 Å². The van der Waals surface area contributed by atoms with Crippen LogP contribution in [-0.4, -0.2) is 24.1 Å². The molecule has 120 valence electrons. The molecular weight excluding hydrogens is 327 g/mol. The highest BCUT2D eigenvalue weighted by atomic mass is 32.1. The Balaban J connectivity index is 1.72. The van der Waals surface area contributed by atoms with Gasteiger partial charge in [0, 0.05) is 11.6 Å². The van der Waals surface area contributed by atoms with Crippen LogP contribution in [0.25, 0.3) is 22.6 Å². The maximum atomic E-state index is 13.7. The predicted molar refractivity (Wildman–Crippen MR) is 91.1 cm³/mol. The lowest BCUT2D eigenvalue weighted by Crippen LogP contribution is -2.01. The lowest BCUT2D eigenvalue weighted by Gasteiger charge is -2.03. The Morgan fingerprint density at radius 3 is 2.88 bits per heavy atom. The van der Waals surface area contributed by atoms with Crippen molar-refractivity contribution >= 4 is 28.4 Å². The fourth-order valence-corrected chi connectivity index (χ4v) is 2.93. The quantitative estimate of drug-likeness (QED) is 0.620. The van der Waals surface area contributed by atoms with E-state index in [0.29, 0.717) is 40.5 Å². The summed E-state index contributed by atoms with van der Waals surface area (Å²) in [7, 11) is 0. The predicted octanol–water partition coefficient (Wildman–Crippen LogP) is 3.03. The third kappa shape index (κ3) is 2.61. The summed E-state index contributed by atoms with van der Waals surface area (Å²) in [4.78, 5) is 8.71. The van der Waals surface area contributed by atoms with E-state index in [0.717, 1.165) is 5.56 Å². The van der Waals surface area contributed by atoms with Crippen molar-refractivity contribution in [2.75, 3.05) is 5.73 Å². The maximum Gasteiger partial charge on any atom is 0.187 e. The van der Waals surface area contributed by atoms with Gasteiger partial charge in [0.15, 0.2) is 11.5 Å². The molecule has 0 saturated carbocycles. The second-order valence-electron chi connectivity index (χ2n) is 5.46. The smallest absolute Gasteiger partial charge is 0.187 e. The number of hydrogen-bond donors (Lipinski definition) is 1. The van der Waals surface area contributed by atoms with Gasteiger partial charge in [0.2, 0.25) is 0 Å². The van der Waals surface area contributed by atoms with Gasteiger partial charge in [-0.3, -0.25) is 4.68 Å². The van der Waals surface area contributed by atoms with Crippen LogP contribution in [0.15, 0.2) is 35.8 Å². The molecular formula is C16H13FN6S. The Morgan fingerprint density at radius 2 is 2.12 bits per heavy atom. The Kier molecular flexibility index (Phi) is 3.46. The zero-order valence-corrected chi connectivity index (χ0v) is 13.6. The molecule has 0 aliphatic heterocycles. The van der Waals surface area contributed by atoms with Crippen LogP contribution in [-0.2, 0) is 6.54 Å². The molecule has 0 spiro atoms. The molecule has 0 atom stereocenters. The molecule has 8 heteroatoms. The maximum absolute atomic E-state index is 13.7. The number of rotatable bonds is 3. The molecule has 0 aliphatic rings. The van der Waals surface area contributed by atoms with Gasteiger partial charge in [-0.2, -0.15) is 9.47 Å². The molecule has 0 radical (unpaired) electrons. The van der Waals surface area contributed by atoms with Crippen LogP contribution in [0, 0.1) is 12.7 Å². The van der Waals surface area contributed by atoms with Gasteiger partial charge in [-0.05, 0) is 41.7 Å². The number of anilines is 1. The van der Waals surface area contributed by atoms with E-state index in [1.54, 1.807) is 23.9 Å². The minimum absolute atomic E-state index is 0.227. The molecule has 0 amide bonds. The number of hydrogen-bond acceptors (Lipinski definition) is 6. The molecule has 0 unspecified atom stereocenters. The summed E-state index contributed by atoms with van der Waals surface area (Å²) in [5.74, 6) is 0.576. The number of benzene rings is 1. The first-order chi connectivity index (χ1) is 11.6. The molecule has 0 fully saturated rings. The normalized spacial score (nSPS) is 11.2. The Bertz CT molecular complexity index is 1020. The van der Waals surface area contributed by atoms with Crippen LogP contribution in [0.5, 0.6) is 0 Å². The summed E-state index contributed by atoms with van der Waals surface area (Å²) in [6, 6.07) is 6.97. The summed E-state index contributed by atoms with van der Waals surface area (Å²) in [5.41, 5.74) is 8.63. The molecule has 2 N–H and O–H groups in total. The van der Waals surface area contributed by atoms with Gasteiger partial charge in [-0.1, -0.05) is 12.1 Å². The van der Waals surface area contributed by atoms with E-state index in [9.17, 15) is 4.39 Å². The topological polar surface area (TPSA) is 82.5 Å². The first kappa shape index (κ1) is 14.7. The minimum atomic E-state index is -0.227. The van der Waals surface area contributed by atoms with Gasteiger partial charge in [0.1, 0.15) is 17.3 Å². The highest BCUT2D eigenvalue weighted by molar-refractivity contribution is 7.03. The third-order valence-electron chi connectivity index (χ3n) is 3.70. The van der Waals surface area contributed by atoms with Gasteiger partial charge >= 0.3 is 0 Å². The van der Waals surface area contributed by atoms with Crippen molar-refractivity contribution in [1.82, 2.24) is 24.1 Å². The van der Waals surface area contributed by atoms with E-state index in [1.807, 2.05) is 17.5 Å². The summed E-state index contributed by atoms with van der Waals surface area (Å²) in [6.45, 7) is 2.16. The van der Waals surface area contributed by atoms with Crippen molar-refractivity contribution < 1.29 is 4.39 Å². The Labute approximate surface area is 141 Å². The van der Waals surface area contributed by atoms with Crippen LogP contribution in [0.3, 0.4) is 0 Å². The molecule has 4 aromatic rings. The van der Waals surface area contributed by atoms with E-state index in [2.05, 4.69) is 19.4 Å². The average molecular weight is 340 g/mol. The Hall–Kier alpha value is -2.87. The first-order valence-electron chi connectivity index (χ1n) is 7.26. The second kappa shape index (κ2) is 5.64. The largest absolute Gasteiger partial charge is 0.383 e. The third-order valence-corrected chi connectivity index (χ3v) is 4.26. The van der Waals surface area contributed by atoms with E-state index in [4.69, 9.17) is 5.73 Å². The van der Waals surface area contributed by atoms with Crippen molar-refractivity contribution in [1.29, 1.82) is 0 Å². The number of aryl methyl sites for hydroxylation is 1. The number of fused-ring (bicyclic) bond motifs is 1. The van der Waals surface area contributed by atoms with Crippen molar-refractivity contribution in [3.05, 3.63) is 52.8 Å². The van der Waals surface area contributed by atoms with Crippen molar-refractivity contribution in [3.63, 3.8) is 0 Å². The van der Waals surface area contributed by atoms with Crippen LogP contribution in [0.2, 0.25) is 0 Å². The van der Waals surface area contributed by atoms with Gasteiger partial charge in [-0.25, -0.2) is 14.4 Å². The fourth-order valence-electron chi connectivity index (χ4n) is 2.42. The molecule has 24 heavy (non-hydrogen) atoms. The van der Waals surface area contributed by atoms with Crippen LogP contribution >= 0.6 is 11.5 Å². The standard InChI is InChI=1S/C16H13FN6S/c1-9-2-3-10(6-12(9)17)7-23-8-11-14(18)19-16(20-15(11)21-23)13-4-5-24-22-13/h2-6,8H,7H2,1H3,(H2,18,19,20,21).